The topological polar surface area (TPSA) is 0 Å². The van der Waals surface area contributed by atoms with Gasteiger partial charge in [0.15, 0.2) is 0 Å². The molecule has 12 aromatic carbocycles. The molecular formula is C129H104Br8+4. The van der Waals surface area contributed by atoms with Crippen molar-refractivity contribution in [3.8, 4) is 23.7 Å². The van der Waals surface area contributed by atoms with Gasteiger partial charge in [-0.05, 0) is 403 Å². The normalized spacial score (nSPS) is 14.0. The van der Waals surface area contributed by atoms with E-state index in [0.717, 1.165) is 187 Å². The van der Waals surface area contributed by atoms with Crippen LogP contribution in [0.1, 0.15) is 194 Å². The summed E-state index contributed by atoms with van der Waals surface area (Å²) in [6.07, 6.45) is 27.2. The highest BCUT2D eigenvalue weighted by atomic mass is 79.9. The lowest BCUT2D eigenvalue weighted by molar-refractivity contribution is 0.471. The molecule has 0 atom stereocenters. The first-order chi connectivity index (χ1) is 64.9. The molecule has 672 valence electrons. The molecule has 0 N–H and O–H groups in total. The standard InChI is InChI=1S/C129H104Br8/c1-76-49-94(126(9,10)11)50-77(2)108(76)71-114-118(130)63-90(64-119(114)131)41-37-84-57-85(38-42-91-65-120(132)115(121(133)66-91)72-109-78(3)51-95(52-79(109)4)127(12,13)14)60-88(59-84)45-47-106-98-29-21-25-33-102(98)112(103-34-26-22-30-99(103)106)75-113-104-35-27-23-31-100(104)107(101-32-24-28-36-105(101)113)48-46-89-61-86(39-43-92-67-122(134)116(123(135)68-92)73-110-80(5)53-96(54-81(110)6)128(15,16)17)58-87(62-89)40-44-93-69-124(136)117(125(137)70-93)74-111-82(7)55-97(56-83(111)8)129(18,19)20/h21-40,49-70H,75H2,1-20H3/q+4. The van der Waals surface area contributed by atoms with E-state index in [0.29, 0.717) is 6.42 Å². The van der Waals surface area contributed by atoms with Crippen LogP contribution in [0.2, 0.25) is 0 Å². The number of benzene rings is 12. The van der Waals surface area contributed by atoms with Crippen molar-refractivity contribution in [1.82, 2.24) is 0 Å². The summed E-state index contributed by atoms with van der Waals surface area (Å²) < 4.78 is 7.27. The second kappa shape index (κ2) is 40.6. The lowest BCUT2D eigenvalue weighted by atomic mass is 9.75. The molecule has 0 bridgehead atoms. The Morgan fingerprint density at radius 2 is 0.423 bits per heavy atom. The summed E-state index contributed by atoms with van der Waals surface area (Å²) >= 11 is 31.7. The second-order valence-corrected chi connectivity index (χ2v) is 47.0. The first-order valence-corrected chi connectivity index (χ1v) is 52.4. The predicted molar refractivity (Wildman–Crippen MR) is 615 cm³/mol. The summed E-state index contributed by atoms with van der Waals surface area (Å²) in [5, 5.41) is 16.2. The van der Waals surface area contributed by atoms with Crippen molar-refractivity contribution < 1.29 is 0 Å². The maximum Gasteiger partial charge on any atom is 0.132 e. The lowest BCUT2D eigenvalue weighted by Gasteiger charge is -2.23. The molecule has 0 aromatic heterocycles. The Morgan fingerprint density at radius 3 is 0.606 bits per heavy atom. The van der Waals surface area contributed by atoms with Crippen LogP contribution in [0.5, 0.6) is 0 Å². The summed E-state index contributed by atoms with van der Waals surface area (Å²) in [4.78, 5) is 0. The van der Waals surface area contributed by atoms with E-state index in [1.54, 1.807) is 0 Å². The number of allylic oxidation sites excluding steroid dienone is 20. The van der Waals surface area contributed by atoms with Crippen LogP contribution in [0, 0.1) is 69.0 Å². The molecule has 4 aliphatic rings. The summed E-state index contributed by atoms with van der Waals surface area (Å²) in [6.45, 7) is 44.5. The lowest BCUT2D eigenvalue weighted by Crippen LogP contribution is -2.18. The van der Waals surface area contributed by atoms with E-state index in [1.807, 2.05) is 24.3 Å². The Morgan fingerprint density at radius 1 is 0.241 bits per heavy atom. The zero-order valence-corrected chi connectivity index (χ0v) is 93.7. The molecule has 0 fully saturated rings. The molecule has 0 spiro atoms. The number of rotatable bonds is 6. The molecule has 12 aromatic rings. The van der Waals surface area contributed by atoms with Crippen LogP contribution in [-0.4, -0.2) is 0 Å². The minimum Gasteiger partial charge on any atom is -0.112 e. The molecule has 0 saturated carbocycles. The van der Waals surface area contributed by atoms with Crippen LogP contribution in [0.3, 0.4) is 0 Å². The third kappa shape index (κ3) is 22.4. The summed E-state index contributed by atoms with van der Waals surface area (Å²) in [5.41, 5.74) is 53.5. The van der Waals surface area contributed by atoms with Gasteiger partial charge in [0.1, 0.15) is 22.3 Å². The van der Waals surface area contributed by atoms with Gasteiger partial charge in [-0.1, -0.05) is 144 Å². The molecule has 0 aliphatic heterocycles. The zero-order valence-electron chi connectivity index (χ0n) is 81.0. The first kappa shape index (κ1) is 99.3. The predicted octanol–water partition coefficient (Wildman–Crippen LogP) is 32.5. The molecule has 16 rings (SSSR count). The van der Waals surface area contributed by atoms with Gasteiger partial charge in [-0.3, -0.25) is 0 Å². The highest BCUT2D eigenvalue weighted by Crippen LogP contribution is 2.45. The van der Waals surface area contributed by atoms with E-state index < -0.39 is 0 Å². The van der Waals surface area contributed by atoms with E-state index in [9.17, 15) is 0 Å². The minimum atomic E-state index is 0.0310. The van der Waals surface area contributed by atoms with Crippen molar-refractivity contribution in [2.75, 3.05) is 0 Å². The summed E-state index contributed by atoms with van der Waals surface area (Å²) in [5.74, 6) is 20.4. The van der Waals surface area contributed by atoms with Crippen molar-refractivity contribution >= 4 is 241 Å². The van der Waals surface area contributed by atoms with Crippen LogP contribution >= 0.6 is 127 Å². The molecular weight excluding hydrogens is 2190 g/mol. The minimum absolute atomic E-state index is 0.0310. The number of halogens is 8. The Kier molecular flexibility index (Phi) is 29.4. The van der Waals surface area contributed by atoms with Crippen molar-refractivity contribution in [2.24, 2.45) is 21.7 Å². The summed E-state index contributed by atoms with van der Waals surface area (Å²) in [7, 11) is 0. The van der Waals surface area contributed by atoms with Crippen LogP contribution in [0.25, 0.3) is 113 Å². The fourth-order valence-electron chi connectivity index (χ4n) is 18.0. The van der Waals surface area contributed by atoms with Gasteiger partial charge < -0.3 is 0 Å². The quantitative estimate of drug-likeness (QED) is 0.0884. The van der Waals surface area contributed by atoms with E-state index in [-0.39, 0.29) is 21.7 Å². The van der Waals surface area contributed by atoms with Crippen molar-refractivity contribution in [2.45, 2.75) is 145 Å². The third-order valence-corrected chi connectivity index (χ3v) is 30.4. The smallest absolute Gasteiger partial charge is 0.112 e. The molecule has 8 heteroatoms. The van der Waals surface area contributed by atoms with Gasteiger partial charge >= 0.3 is 0 Å². The van der Waals surface area contributed by atoms with E-state index >= 15 is 0 Å². The van der Waals surface area contributed by atoms with Crippen LogP contribution in [0.4, 0.5) is 0 Å². The van der Waals surface area contributed by atoms with Gasteiger partial charge in [0, 0.05) is 177 Å². The van der Waals surface area contributed by atoms with Crippen LogP contribution in [0.15, 0.2) is 333 Å². The maximum atomic E-state index is 3.96. The van der Waals surface area contributed by atoms with Crippen LogP contribution in [-0.2, 0) is 6.42 Å². The highest BCUT2D eigenvalue weighted by Gasteiger charge is 2.37. The number of fused-ring (bicyclic) bond motifs is 4. The van der Waals surface area contributed by atoms with Crippen molar-refractivity contribution in [1.29, 1.82) is 0 Å². The van der Waals surface area contributed by atoms with Gasteiger partial charge in [-0.2, -0.15) is 0 Å². The molecule has 0 radical (unpaired) electrons. The Labute approximate surface area is 876 Å². The molecule has 0 heterocycles. The fraction of sp³-hybridized carbons (Fsp3) is 0.194. The zero-order chi connectivity index (χ0) is 97.8. The molecule has 0 unspecified atom stereocenters. The van der Waals surface area contributed by atoms with E-state index in [4.69, 9.17) is 0 Å². The van der Waals surface area contributed by atoms with E-state index in [1.165, 1.54) is 79.4 Å². The van der Waals surface area contributed by atoms with E-state index in [2.05, 4.69) is 566 Å². The van der Waals surface area contributed by atoms with Gasteiger partial charge in [-0.15, -0.1) is 22.9 Å². The number of hydrogen-bond donors (Lipinski definition) is 0. The molecule has 4 aliphatic carbocycles. The molecule has 0 amide bonds. The maximum absolute atomic E-state index is 3.96. The molecule has 137 heavy (non-hydrogen) atoms. The summed E-state index contributed by atoms with van der Waals surface area (Å²) in [6, 6.07) is 65.0. The van der Waals surface area contributed by atoms with Crippen molar-refractivity contribution in [3.05, 3.63) is 454 Å². The Bertz CT molecular complexity index is 7410. The number of hydrogen-bond acceptors (Lipinski definition) is 0. The highest BCUT2D eigenvalue weighted by molar-refractivity contribution is 9.12. The first-order valence-electron chi connectivity index (χ1n) is 46.0. The van der Waals surface area contributed by atoms with Gasteiger partial charge in [0.2, 0.25) is 0 Å². The Hall–Kier alpha value is -10.8. The van der Waals surface area contributed by atoms with Gasteiger partial charge in [0.25, 0.3) is 0 Å². The fourth-order valence-corrected chi connectivity index (χ4v) is 23.5. The SMILES string of the molecule is CC1=C[C+](C(C)(C)C)C=C(C)C1=C=c1c(Br)cc(=C=Cc2cc(C#Cc3c4ccccc4c(Cc4c5ccccc5c(C#Cc5cc(C=C=c6cc(Br)c(=C=C7C(C)=C[C+](C(C)(C)C)C=C7C)c(Br)c6)cc(C=C=c6cc(Br)c(=C=C7C(C)=C[C+](C(C)(C)C)C=C7C)c(Br)c6)c5)c5ccccc45)c4ccccc34)cc(C=C=c3cc(Br)c(=C=C4C(C)=C[C+](C(C)(C)C)C=C4C)c(Br)c3)c2)cc1Br. The largest absolute Gasteiger partial charge is 0.132 e. The average Bonchev–Trinajstić information content (AvgIpc) is 0.733. The monoisotopic (exact) mass is 2280 g/mol. The third-order valence-electron chi connectivity index (χ3n) is 25.4. The molecule has 0 nitrogen and oxygen atoms in total. The average molecular weight is 2290 g/mol. The molecule has 0 saturated heterocycles. The second-order valence-electron chi connectivity index (χ2n) is 40.2. The van der Waals surface area contributed by atoms with Crippen LogP contribution < -0.4 is 41.7 Å². The Balaban J connectivity index is 0.805. The van der Waals surface area contributed by atoms with Crippen molar-refractivity contribution in [3.63, 3.8) is 0 Å². The van der Waals surface area contributed by atoms with Gasteiger partial charge in [-0.25, -0.2) is 0 Å². The van der Waals surface area contributed by atoms with Gasteiger partial charge in [0.05, 0.1) is 117 Å².